The Bertz CT molecular complexity index is 881. The zero-order valence-electron chi connectivity index (χ0n) is 17.9. The molecule has 3 N–H and O–H groups in total. The van der Waals surface area contributed by atoms with Crippen LogP contribution in [0.1, 0.15) is 37.3 Å². The van der Waals surface area contributed by atoms with Crippen molar-refractivity contribution in [2.75, 3.05) is 25.4 Å². The Hall–Kier alpha value is -2.18. The van der Waals surface area contributed by atoms with E-state index in [1.54, 1.807) is 11.8 Å². The highest BCUT2D eigenvalue weighted by atomic mass is 32.2. The summed E-state index contributed by atoms with van der Waals surface area (Å²) in [5.74, 6) is 1.64. The third kappa shape index (κ3) is 4.76. The highest BCUT2D eigenvalue weighted by molar-refractivity contribution is 8.00. The molecule has 0 bridgehead atoms. The molecule has 1 atom stereocenters. The number of amidine groups is 1. The van der Waals surface area contributed by atoms with E-state index in [1.807, 2.05) is 12.3 Å². The van der Waals surface area contributed by atoms with Crippen molar-refractivity contribution in [1.29, 1.82) is 10.8 Å². The van der Waals surface area contributed by atoms with Crippen molar-refractivity contribution < 1.29 is 5.11 Å². The second-order valence-electron chi connectivity index (χ2n) is 8.53. The lowest BCUT2D eigenvalue weighted by molar-refractivity contribution is 0.257. The Morgan fingerprint density at radius 1 is 1.20 bits per heavy atom. The van der Waals surface area contributed by atoms with Gasteiger partial charge in [-0.15, -0.1) is 0 Å². The summed E-state index contributed by atoms with van der Waals surface area (Å²) >= 11 is 1.80. The standard InChI is InChI=1S/C23H29N3OS.CH3N/c1-17-4-3-11-25-21(17)18-5-7-19(8-6-18)23(9-10-23)15-26-12-13-28-22(2,16-27)14-20(26)24;1-2/h3-8,11,24,27H,9-10,12-16H2,1-2H3;2H,1H2. The van der Waals surface area contributed by atoms with Crippen molar-refractivity contribution in [3.8, 4) is 11.3 Å². The molecule has 4 rings (SSSR count). The van der Waals surface area contributed by atoms with E-state index < -0.39 is 0 Å². The van der Waals surface area contributed by atoms with Crippen LogP contribution in [0, 0.1) is 17.7 Å². The molecule has 1 saturated carbocycles. The zero-order valence-corrected chi connectivity index (χ0v) is 18.8. The molecule has 1 saturated heterocycles. The average Bonchev–Trinajstić information content (AvgIpc) is 3.57. The van der Waals surface area contributed by atoms with Gasteiger partial charge in [0.15, 0.2) is 0 Å². The van der Waals surface area contributed by atoms with Gasteiger partial charge in [0, 0.05) is 47.2 Å². The van der Waals surface area contributed by atoms with Gasteiger partial charge in [0.1, 0.15) is 0 Å². The summed E-state index contributed by atoms with van der Waals surface area (Å²) in [7, 11) is 0. The number of aromatic nitrogens is 1. The van der Waals surface area contributed by atoms with E-state index >= 15 is 0 Å². The van der Waals surface area contributed by atoms with Crippen LogP contribution < -0.4 is 0 Å². The molecule has 1 aromatic heterocycles. The lowest BCUT2D eigenvalue weighted by Crippen LogP contribution is -2.39. The molecule has 160 valence electrons. The summed E-state index contributed by atoms with van der Waals surface area (Å²) in [5, 5.41) is 23.8. The van der Waals surface area contributed by atoms with Crippen LogP contribution in [0.2, 0.25) is 0 Å². The number of rotatable bonds is 5. The van der Waals surface area contributed by atoms with Gasteiger partial charge < -0.3 is 15.4 Å². The van der Waals surface area contributed by atoms with E-state index in [0.29, 0.717) is 12.3 Å². The molecule has 2 aliphatic rings. The van der Waals surface area contributed by atoms with Crippen LogP contribution in [0.4, 0.5) is 0 Å². The molecular formula is C24H32N4OS. The quantitative estimate of drug-likeness (QED) is 0.616. The number of benzene rings is 1. The first-order chi connectivity index (χ1) is 14.4. The van der Waals surface area contributed by atoms with Crippen LogP contribution in [0.3, 0.4) is 0 Å². The number of aryl methyl sites for hydroxylation is 1. The average molecular weight is 425 g/mol. The number of aliphatic hydroxyl groups excluding tert-OH is 1. The molecule has 0 spiro atoms. The highest BCUT2D eigenvalue weighted by Gasteiger charge is 2.46. The van der Waals surface area contributed by atoms with Crippen LogP contribution in [-0.2, 0) is 5.41 Å². The van der Waals surface area contributed by atoms with E-state index in [0.717, 1.165) is 30.1 Å². The molecule has 2 heterocycles. The van der Waals surface area contributed by atoms with E-state index in [-0.39, 0.29) is 16.8 Å². The lowest BCUT2D eigenvalue weighted by atomic mass is 9.93. The van der Waals surface area contributed by atoms with Crippen molar-refractivity contribution in [1.82, 2.24) is 9.88 Å². The van der Waals surface area contributed by atoms with Crippen LogP contribution in [0.25, 0.3) is 11.3 Å². The first-order valence-corrected chi connectivity index (χ1v) is 11.4. The molecule has 5 nitrogen and oxygen atoms in total. The summed E-state index contributed by atoms with van der Waals surface area (Å²) < 4.78 is -0.218. The summed E-state index contributed by atoms with van der Waals surface area (Å²) in [6.07, 6.45) is 4.86. The van der Waals surface area contributed by atoms with Crippen LogP contribution in [-0.4, -0.2) is 57.7 Å². The number of thioether (sulfide) groups is 1. The third-order valence-corrected chi connectivity index (χ3v) is 7.55. The first-order valence-electron chi connectivity index (χ1n) is 10.4. The Balaban J connectivity index is 0.00000124. The van der Waals surface area contributed by atoms with Crippen molar-refractivity contribution >= 4 is 24.3 Å². The Labute approximate surface area is 183 Å². The largest absolute Gasteiger partial charge is 0.395 e. The van der Waals surface area contributed by atoms with Crippen LogP contribution >= 0.6 is 11.8 Å². The Kier molecular flexibility index (Phi) is 6.98. The summed E-state index contributed by atoms with van der Waals surface area (Å²) in [6, 6.07) is 13.0. The summed E-state index contributed by atoms with van der Waals surface area (Å²) in [6.45, 7) is 8.61. The van der Waals surface area contributed by atoms with Gasteiger partial charge >= 0.3 is 0 Å². The molecule has 0 amide bonds. The third-order valence-electron chi connectivity index (χ3n) is 6.20. The minimum Gasteiger partial charge on any atom is -0.395 e. The maximum Gasteiger partial charge on any atom is 0.0973 e. The highest BCUT2D eigenvalue weighted by Crippen LogP contribution is 2.49. The van der Waals surface area contributed by atoms with Gasteiger partial charge in [-0.2, -0.15) is 11.8 Å². The molecule has 1 aliphatic heterocycles. The summed E-state index contributed by atoms with van der Waals surface area (Å²) in [4.78, 5) is 6.78. The normalized spacial score (nSPS) is 22.6. The van der Waals surface area contributed by atoms with Crippen LogP contribution in [0.15, 0.2) is 42.6 Å². The van der Waals surface area contributed by atoms with Crippen molar-refractivity contribution in [3.63, 3.8) is 0 Å². The monoisotopic (exact) mass is 424 g/mol. The summed E-state index contributed by atoms with van der Waals surface area (Å²) in [5.41, 5.74) is 4.95. The number of pyridine rings is 1. The number of hydrogen-bond donors (Lipinski definition) is 3. The van der Waals surface area contributed by atoms with Gasteiger partial charge in [0.2, 0.25) is 0 Å². The number of hydrogen-bond acceptors (Lipinski definition) is 5. The second kappa shape index (κ2) is 9.31. The predicted octanol–water partition coefficient (Wildman–Crippen LogP) is 4.52. The molecule has 1 aromatic carbocycles. The smallest absolute Gasteiger partial charge is 0.0973 e. The van der Waals surface area contributed by atoms with Crippen LogP contribution in [0.5, 0.6) is 0 Å². The molecule has 2 aromatic rings. The minimum absolute atomic E-state index is 0.132. The Morgan fingerprint density at radius 3 is 2.50 bits per heavy atom. The molecule has 1 unspecified atom stereocenters. The molecule has 1 aliphatic carbocycles. The molecule has 6 heteroatoms. The van der Waals surface area contributed by atoms with E-state index in [4.69, 9.17) is 10.8 Å². The maximum atomic E-state index is 9.70. The van der Waals surface area contributed by atoms with E-state index in [1.165, 1.54) is 24.0 Å². The molecule has 0 radical (unpaired) electrons. The number of nitrogens with zero attached hydrogens (tertiary/aromatic N) is 2. The minimum atomic E-state index is -0.218. The zero-order chi connectivity index (χ0) is 21.8. The SMILES string of the molecule is C=N.Cc1cccnc1-c1ccc(C2(CN3CCSC(C)(CO)CC3=N)CC2)cc1. The molecule has 2 fully saturated rings. The fourth-order valence-corrected chi connectivity index (χ4v) is 5.29. The van der Waals surface area contributed by atoms with Gasteiger partial charge in [-0.05, 0) is 50.6 Å². The number of nitrogens with one attached hydrogen (secondary N) is 2. The van der Waals surface area contributed by atoms with Crippen molar-refractivity contribution in [2.45, 2.75) is 43.3 Å². The fourth-order valence-electron chi connectivity index (χ4n) is 4.15. The lowest BCUT2D eigenvalue weighted by Gasteiger charge is -2.30. The molecular weight excluding hydrogens is 392 g/mol. The predicted molar refractivity (Wildman–Crippen MR) is 127 cm³/mol. The fraction of sp³-hybridized carbons (Fsp3) is 0.458. The van der Waals surface area contributed by atoms with Gasteiger partial charge in [0.05, 0.1) is 18.1 Å². The first kappa shape index (κ1) is 22.5. The number of aliphatic hydroxyl groups is 1. The topological polar surface area (TPSA) is 84.1 Å². The maximum absolute atomic E-state index is 9.70. The van der Waals surface area contributed by atoms with Gasteiger partial charge in [-0.1, -0.05) is 30.3 Å². The van der Waals surface area contributed by atoms with E-state index in [9.17, 15) is 5.11 Å². The van der Waals surface area contributed by atoms with Crippen molar-refractivity contribution in [3.05, 3.63) is 53.7 Å². The second-order valence-corrected chi connectivity index (χ2v) is 10.2. The van der Waals surface area contributed by atoms with Gasteiger partial charge in [-0.25, -0.2) is 0 Å². The van der Waals surface area contributed by atoms with Gasteiger partial charge in [0.25, 0.3) is 0 Å². The Morgan fingerprint density at radius 2 is 1.90 bits per heavy atom. The van der Waals surface area contributed by atoms with Gasteiger partial charge in [-0.3, -0.25) is 10.4 Å². The van der Waals surface area contributed by atoms with E-state index in [2.05, 4.69) is 60.8 Å². The van der Waals surface area contributed by atoms with Crippen molar-refractivity contribution in [2.24, 2.45) is 0 Å². The molecule has 30 heavy (non-hydrogen) atoms.